The number of nitrogens with one attached hydrogen (secondary N) is 1. The molecule has 0 saturated heterocycles. The number of halogens is 3. The van der Waals surface area contributed by atoms with Gasteiger partial charge in [-0.25, -0.2) is 9.48 Å². The highest BCUT2D eigenvalue weighted by atomic mass is 19.4. The molecule has 0 aliphatic heterocycles. The number of alkyl carbamates (subject to hydrolysis) is 1. The van der Waals surface area contributed by atoms with Gasteiger partial charge in [-0.05, 0) is 30.2 Å². The highest BCUT2D eigenvalue weighted by Crippen LogP contribution is 2.30. The maximum Gasteiger partial charge on any atom is 0.416 e. The molecule has 6 nitrogen and oxygen atoms in total. The number of hydrogen-bond donors (Lipinski definition) is 1. The topological polar surface area (TPSA) is 69.0 Å². The molecule has 0 bridgehead atoms. The van der Waals surface area contributed by atoms with E-state index in [2.05, 4.69) is 15.6 Å². The lowest BCUT2D eigenvalue weighted by atomic mass is 10.1. The maximum absolute atomic E-state index is 12.8. The van der Waals surface area contributed by atoms with Gasteiger partial charge in [0.25, 0.3) is 0 Å². The lowest BCUT2D eigenvalue weighted by molar-refractivity contribution is -0.137. The largest absolute Gasteiger partial charge is 0.443 e. The predicted octanol–water partition coefficient (Wildman–Crippen LogP) is 3.76. The van der Waals surface area contributed by atoms with Crippen LogP contribution in [0.1, 0.15) is 16.8 Å². The molecule has 9 heteroatoms. The van der Waals surface area contributed by atoms with Gasteiger partial charge in [-0.1, -0.05) is 41.6 Å². The summed E-state index contributed by atoms with van der Waals surface area (Å²) in [4.78, 5) is 11.7. The Bertz CT molecular complexity index is 926. The van der Waals surface area contributed by atoms with Crippen LogP contribution in [0.3, 0.4) is 0 Å². The highest BCUT2D eigenvalue weighted by molar-refractivity contribution is 5.67. The van der Waals surface area contributed by atoms with Crippen molar-refractivity contribution in [1.82, 2.24) is 20.3 Å². The number of alkyl halides is 3. The Morgan fingerprint density at radius 1 is 1.11 bits per heavy atom. The number of nitrogens with zero attached hydrogens (tertiary/aromatic N) is 3. The van der Waals surface area contributed by atoms with Crippen molar-refractivity contribution >= 4 is 6.09 Å². The summed E-state index contributed by atoms with van der Waals surface area (Å²) in [5.41, 5.74) is 0.833. The van der Waals surface area contributed by atoms with Gasteiger partial charge in [0.2, 0.25) is 0 Å². The molecule has 1 heterocycles. The molecule has 3 aromatic rings. The van der Waals surface area contributed by atoms with Crippen LogP contribution in [-0.4, -0.2) is 27.6 Å². The van der Waals surface area contributed by atoms with E-state index >= 15 is 0 Å². The lowest BCUT2D eigenvalue weighted by Gasteiger charge is -2.08. The third kappa shape index (κ3) is 5.32. The number of rotatable bonds is 6. The minimum Gasteiger partial charge on any atom is -0.443 e. The van der Waals surface area contributed by atoms with Crippen molar-refractivity contribution in [3.63, 3.8) is 0 Å². The molecule has 28 heavy (non-hydrogen) atoms. The normalized spacial score (nSPS) is 11.2. The Morgan fingerprint density at radius 2 is 1.89 bits per heavy atom. The molecule has 1 N–H and O–H groups in total. The van der Waals surface area contributed by atoms with Crippen molar-refractivity contribution in [2.45, 2.75) is 19.2 Å². The van der Waals surface area contributed by atoms with Crippen LogP contribution < -0.4 is 5.32 Å². The number of hydrogen-bond acceptors (Lipinski definition) is 4. The Balaban J connectivity index is 1.50. The Labute approximate surface area is 158 Å². The number of aromatic nitrogens is 3. The molecule has 0 atom stereocenters. The van der Waals surface area contributed by atoms with Crippen LogP contribution in [0, 0.1) is 0 Å². The molecule has 2 aromatic carbocycles. The van der Waals surface area contributed by atoms with Gasteiger partial charge in [-0.15, -0.1) is 5.10 Å². The summed E-state index contributed by atoms with van der Waals surface area (Å²) >= 11 is 0. The maximum atomic E-state index is 12.8. The van der Waals surface area contributed by atoms with Gasteiger partial charge < -0.3 is 10.1 Å². The molecule has 1 aromatic heterocycles. The van der Waals surface area contributed by atoms with E-state index in [0.717, 1.165) is 17.7 Å². The molecule has 0 aliphatic rings. The van der Waals surface area contributed by atoms with Crippen molar-refractivity contribution in [2.75, 3.05) is 6.54 Å². The number of carbonyl (C=O) groups excluding carboxylic acids is 1. The monoisotopic (exact) mass is 390 g/mol. The van der Waals surface area contributed by atoms with E-state index in [9.17, 15) is 18.0 Å². The second-order valence-electron chi connectivity index (χ2n) is 5.94. The van der Waals surface area contributed by atoms with Gasteiger partial charge in [0, 0.05) is 6.54 Å². The van der Waals surface area contributed by atoms with Crippen LogP contribution >= 0.6 is 0 Å². The van der Waals surface area contributed by atoms with Gasteiger partial charge >= 0.3 is 12.3 Å². The number of benzene rings is 2. The van der Waals surface area contributed by atoms with Crippen LogP contribution in [-0.2, 0) is 23.9 Å². The smallest absolute Gasteiger partial charge is 0.416 e. The highest BCUT2D eigenvalue weighted by Gasteiger charge is 2.30. The third-order valence-corrected chi connectivity index (χ3v) is 3.86. The minimum atomic E-state index is -4.44. The van der Waals surface area contributed by atoms with Crippen LogP contribution in [0.2, 0.25) is 0 Å². The van der Waals surface area contributed by atoms with E-state index < -0.39 is 17.8 Å². The van der Waals surface area contributed by atoms with Gasteiger partial charge in [-0.3, -0.25) is 0 Å². The summed E-state index contributed by atoms with van der Waals surface area (Å²) in [5.74, 6) is 0. The third-order valence-electron chi connectivity index (χ3n) is 3.86. The fourth-order valence-electron chi connectivity index (χ4n) is 2.46. The summed E-state index contributed by atoms with van der Waals surface area (Å²) in [6.45, 7) is 0.274. The van der Waals surface area contributed by atoms with E-state index in [-0.39, 0.29) is 12.3 Å². The molecule has 0 fully saturated rings. The molecule has 0 unspecified atom stereocenters. The number of carbonyl (C=O) groups is 1. The van der Waals surface area contributed by atoms with E-state index in [1.165, 1.54) is 23.0 Å². The minimum absolute atomic E-state index is 0.143. The average Bonchev–Trinajstić information content (AvgIpc) is 3.16. The molecule has 0 radical (unpaired) electrons. The van der Waals surface area contributed by atoms with Crippen LogP contribution in [0.25, 0.3) is 5.69 Å². The van der Waals surface area contributed by atoms with Crippen molar-refractivity contribution in [3.05, 3.63) is 77.6 Å². The molecule has 0 aliphatic carbocycles. The zero-order valence-corrected chi connectivity index (χ0v) is 14.7. The molecule has 1 amide bonds. The SMILES string of the molecule is O=C(NCCc1ccccc1)OCc1cn(-c2cccc(C(F)(F)F)c2)nn1. The summed E-state index contributed by atoms with van der Waals surface area (Å²) in [5, 5.41) is 10.2. The van der Waals surface area contributed by atoms with Gasteiger partial charge in [-0.2, -0.15) is 13.2 Å². The van der Waals surface area contributed by atoms with Crippen molar-refractivity contribution in [3.8, 4) is 5.69 Å². The molecule has 146 valence electrons. The summed E-state index contributed by atoms with van der Waals surface area (Å²) in [6, 6.07) is 14.4. The van der Waals surface area contributed by atoms with Crippen LogP contribution in [0.15, 0.2) is 60.8 Å². The van der Waals surface area contributed by atoms with E-state index in [1.807, 2.05) is 30.3 Å². The molecule has 3 rings (SSSR count). The van der Waals surface area contributed by atoms with Gasteiger partial charge in [0.05, 0.1) is 17.4 Å². The van der Waals surface area contributed by atoms with Crippen LogP contribution in [0.5, 0.6) is 0 Å². The van der Waals surface area contributed by atoms with E-state index in [0.29, 0.717) is 18.7 Å². The summed E-state index contributed by atoms with van der Waals surface area (Å²) in [7, 11) is 0. The molecule has 0 spiro atoms. The lowest BCUT2D eigenvalue weighted by Crippen LogP contribution is -2.26. The van der Waals surface area contributed by atoms with Gasteiger partial charge in [0.15, 0.2) is 0 Å². The first-order chi connectivity index (χ1) is 13.4. The van der Waals surface area contributed by atoms with Crippen molar-refractivity contribution in [1.29, 1.82) is 0 Å². The molecular weight excluding hydrogens is 373 g/mol. The number of amides is 1. The van der Waals surface area contributed by atoms with E-state index in [1.54, 1.807) is 0 Å². The van der Waals surface area contributed by atoms with Crippen molar-refractivity contribution in [2.24, 2.45) is 0 Å². The fourth-order valence-corrected chi connectivity index (χ4v) is 2.46. The predicted molar refractivity (Wildman–Crippen MR) is 94.7 cm³/mol. The summed E-state index contributed by atoms with van der Waals surface area (Å²) in [6.07, 6.45) is -2.97. The second kappa shape index (κ2) is 8.55. The Hall–Kier alpha value is -3.36. The fraction of sp³-hybridized carbons (Fsp3) is 0.211. The van der Waals surface area contributed by atoms with Crippen LogP contribution in [0.4, 0.5) is 18.0 Å². The first kappa shape index (κ1) is 19.4. The number of ether oxygens (including phenoxy) is 1. The zero-order valence-electron chi connectivity index (χ0n) is 14.7. The first-order valence-electron chi connectivity index (χ1n) is 8.45. The standard InChI is InChI=1S/C19H17F3N4O2/c20-19(21,22)15-7-4-8-17(11-15)26-12-16(24-25-26)13-28-18(27)23-10-9-14-5-2-1-3-6-14/h1-8,11-12H,9-10,13H2,(H,23,27). The zero-order chi connectivity index (χ0) is 20.0. The van der Waals surface area contributed by atoms with E-state index in [4.69, 9.17) is 4.74 Å². The first-order valence-corrected chi connectivity index (χ1v) is 8.45. The second-order valence-corrected chi connectivity index (χ2v) is 5.94. The van der Waals surface area contributed by atoms with Crippen molar-refractivity contribution < 1.29 is 22.7 Å². The summed E-state index contributed by atoms with van der Waals surface area (Å²) < 4.78 is 44.6. The quantitative estimate of drug-likeness (QED) is 0.696. The average molecular weight is 390 g/mol. The molecule has 0 saturated carbocycles. The molecular formula is C19H17F3N4O2. The van der Waals surface area contributed by atoms with Gasteiger partial charge in [0.1, 0.15) is 12.3 Å². The Kier molecular flexibility index (Phi) is 5.93. The Morgan fingerprint density at radius 3 is 2.64 bits per heavy atom.